The number of ether oxygens (including phenoxy) is 2. The van der Waals surface area contributed by atoms with E-state index in [0.29, 0.717) is 33.5 Å². The molecule has 7 heteroatoms. The maximum absolute atomic E-state index is 12.4. The summed E-state index contributed by atoms with van der Waals surface area (Å²) in [6.45, 7) is 0.0256. The van der Waals surface area contributed by atoms with Gasteiger partial charge in [-0.1, -0.05) is 29.8 Å². The molecule has 0 atom stereocenters. The number of para-hydroxylation sites is 1. The van der Waals surface area contributed by atoms with E-state index in [1.807, 2.05) is 36.4 Å². The number of fused-ring (bicyclic) bond motifs is 3. The summed E-state index contributed by atoms with van der Waals surface area (Å²) in [5.41, 5.74) is 2.68. The molecule has 0 saturated carbocycles. The standard InChI is InChI=1S/C22H19ClN2O4/c1-27-19-8-7-13(23)9-17(19)25-22(26)12-24-16-11-20-15(10-21(16)28-2)14-5-3-4-6-18(14)29-20/h3-11,24H,12H2,1-2H3,(H,25,26). The van der Waals surface area contributed by atoms with Gasteiger partial charge in [0, 0.05) is 21.9 Å². The van der Waals surface area contributed by atoms with Gasteiger partial charge in [-0.2, -0.15) is 0 Å². The van der Waals surface area contributed by atoms with Gasteiger partial charge in [0.05, 0.1) is 32.1 Å². The number of halogens is 1. The van der Waals surface area contributed by atoms with Gasteiger partial charge in [0.25, 0.3) is 0 Å². The van der Waals surface area contributed by atoms with E-state index >= 15 is 0 Å². The minimum Gasteiger partial charge on any atom is -0.495 e. The first kappa shape index (κ1) is 19.0. The number of methoxy groups -OCH3 is 2. The topological polar surface area (TPSA) is 72.7 Å². The van der Waals surface area contributed by atoms with Crippen LogP contribution in [0.2, 0.25) is 5.02 Å². The van der Waals surface area contributed by atoms with Crippen LogP contribution >= 0.6 is 11.6 Å². The lowest BCUT2D eigenvalue weighted by Gasteiger charge is -2.13. The molecule has 0 unspecified atom stereocenters. The number of carbonyl (C=O) groups is 1. The van der Waals surface area contributed by atoms with E-state index in [9.17, 15) is 4.79 Å². The van der Waals surface area contributed by atoms with E-state index in [-0.39, 0.29) is 12.5 Å². The van der Waals surface area contributed by atoms with Gasteiger partial charge in [-0.15, -0.1) is 0 Å². The fraction of sp³-hybridized carbons (Fsp3) is 0.136. The summed E-state index contributed by atoms with van der Waals surface area (Å²) >= 11 is 6.01. The number of amides is 1. The molecule has 3 aromatic carbocycles. The predicted octanol–water partition coefficient (Wildman–Crippen LogP) is 5.31. The molecule has 0 aliphatic rings. The van der Waals surface area contributed by atoms with E-state index < -0.39 is 0 Å². The number of hydrogen-bond acceptors (Lipinski definition) is 5. The second-order valence-corrected chi connectivity index (χ2v) is 6.83. The van der Waals surface area contributed by atoms with E-state index in [2.05, 4.69) is 10.6 Å². The SMILES string of the molecule is COc1cc2c(cc1NCC(=O)Nc1cc(Cl)ccc1OC)oc1ccccc12. The van der Waals surface area contributed by atoms with Crippen molar-refractivity contribution in [2.24, 2.45) is 0 Å². The maximum atomic E-state index is 12.4. The Balaban J connectivity index is 1.55. The first-order chi connectivity index (χ1) is 14.1. The summed E-state index contributed by atoms with van der Waals surface area (Å²) in [5.74, 6) is 0.901. The molecule has 0 spiro atoms. The van der Waals surface area contributed by atoms with Gasteiger partial charge in [0.1, 0.15) is 22.7 Å². The van der Waals surface area contributed by atoms with Crippen LogP contribution in [0.1, 0.15) is 0 Å². The first-order valence-corrected chi connectivity index (χ1v) is 9.33. The number of furan rings is 1. The number of hydrogen-bond donors (Lipinski definition) is 2. The Hall–Kier alpha value is -3.38. The highest BCUT2D eigenvalue weighted by Gasteiger charge is 2.14. The monoisotopic (exact) mass is 410 g/mol. The second kappa shape index (κ2) is 7.93. The number of rotatable bonds is 6. The molecule has 0 aliphatic heterocycles. The lowest BCUT2D eigenvalue weighted by molar-refractivity contribution is -0.114. The quantitative estimate of drug-likeness (QED) is 0.451. The fourth-order valence-corrected chi connectivity index (χ4v) is 3.38. The zero-order valence-corrected chi connectivity index (χ0v) is 16.7. The van der Waals surface area contributed by atoms with E-state index in [1.54, 1.807) is 25.3 Å². The van der Waals surface area contributed by atoms with Crippen molar-refractivity contribution >= 4 is 50.8 Å². The van der Waals surface area contributed by atoms with Crippen LogP contribution in [0.25, 0.3) is 21.9 Å². The highest BCUT2D eigenvalue weighted by Crippen LogP contribution is 2.36. The Bertz CT molecular complexity index is 1200. The highest BCUT2D eigenvalue weighted by atomic mass is 35.5. The Kier molecular flexibility index (Phi) is 5.18. The van der Waals surface area contributed by atoms with Crippen LogP contribution in [0.4, 0.5) is 11.4 Å². The molecule has 1 amide bonds. The number of benzene rings is 3. The summed E-state index contributed by atoms with van der Waals surface area (Å²) < 4.78 is 16.7. The van der Waals surface area contributed by atoms with Crippen LogP contribution < -0.4 is 20.1 Å². The smallest absolute Gasteiger partial charge is 0.243 e. The van der Waals surface area contributed by atoms with Crippen molar-refractivity contribution in [2.75, 3.05) is 31.4 Å². The molecule has 29 heavy (non-hydrogen) atoms. The predicted molar refractivity (Wildman–Crippen MR) is 115 cm³/mol. The molecule has 6 nitrogen and oxygen atoms in total. The van der Waals surface area contributed by atoms with Crippen LogP contribution in [-0.2, 0) is 4.79 Å². The third-order valence-electron chi connectivity index (χ3n) is 4.57. The Morgan fingerprint density at radius 2 is 1.72 bits per heavy atom. The van der Waals surface area contributed by atoms with Crippen molar-refractivity contribution in [3.63, 3.8) is 0 Å². The summed E-state index contributed by atoms with van der Waals surface area (Å²) in [6.07, 6.45) is 0. The van der Waals surface area contributed by atoms with E-state index in [0.717, 1.165) is 16.4 Å². The van der Waals surface area contributed by atoms with Gasteiger partial charge in [-0.05, 0) is 30.3 Å². The Labute approximate surface area is 172 Å². The molecule has 0 bridgehead atoms. The van der Waals surface area contributed by atoms with Gasteiger partial charge in [-0.25, -0.2) is 0 Å². The zero-order chi connectivity index (χ0) is 20.4. The molecule has 2 N–H and O–H groups in total. The third kappa shape index (κ3) is 3.79. The lowest BCUT2D eigenvalue weighted by Crippen LogP contribution is -2.22. The number of anilines is 2. The van der Waals surface area contributed by atoms with Crippen LogP contribution in [0, 0.1) is 0 Å². The minimum atomic E-state index is -0.252. The van der Waals surface area contributed by atoms with Crippen LogP contribution in [0.5, 0.6) is 11.5 Å². The molecule has 4 aromatic rings. The Morgan fingerprint density at radius 3 is 2.52 bits per heavy atom. The summed E-state index contributed by atoms with van der Waals surface area (Å²) in [6, 6.07) is 16.6. The van der Waals surface area contributed by atoms with Gasteiger partial charge in [0.2, 0.25) is 5.91 Å². The molecular weight excluding hydrogens is 392 g/mol. The summed E-state index contributed by atoms with van der Waals surface area (Å²) in [5, 5.41) is 8.37. The average molecular weight is 411 g/mol. The molecular formula is C22H19ClN2O4. The number of nitrogens with one attached hydrogen (secondary N) is 2. The Morgan fingerprint density at radius 1 is 0.931 bits per heavy atom. The summed E-state index contributed by atoms with van der Waals surface area (Å²) in [4.78, 5) is 12.4. The average Bonchev–Trinajstić information content (AvgIpc) is 3.09. The van der Waals surface area contributed by atoms with Crippen LogP contribution in [0.15, 0.2) is 59.0 Å². The summed E-state index contributed by atoms with van der Waals surface area (Å²) in [7, 11) is 3.12. The van der Waals surface area contributed by atoms with Gasteiger partial charge >= 0.3 is 0 Å². The van der Waals surface area contributed by atoms with Crippen molar-refractivity contribution in [2.45, 2.75) is 0 Å². The van der Waals surface area contributed by atoms with Crippen molar-refractivity contribution in [1.29, 1.82) is 0 Å². The van der Waals surface area contributed by atoms with Crippen molar-refractivity contribution in [3.8, 4) is 11.5 Å². The molecule has 0 saturated heterocycles. The molecule has 148 valence electrons. The molecule has 0 radical (unpaired) electrons. The third-order valence-corrected chi connectivity index (χ3v) is 4.81. The van der Waals surface area contributed by atoms with E-state index in [1.165, 1.54) is 7.11 Å². The maximum Gasteiger partial charge on any atom is 0.243 e. The molecule has 1 aromatic heterocycles. The highest BCUT2D eigenvalue weighted by molar-refractivity contribution is 6.31. The molecule has 0 fully saturated rings. The van der Waals surface area contributed by atoms with Crippen LogP contribution in [-0.4, -0.2) is 26.7 Å². The van der Waals surface area contributed by atoms with Gasteiger partial charge in [0.15, 0.2) is 0 Å². The van der Waals surface area contributed by atoms with Crippen molar-refractivity contribution < 1.29 is 18.7 Å². The van der Waals surface area contributed by atoms with Crippen LogP contribution in [0.3, 0.4) is 0 Å². The molecule has 0 aliphatic carbocycles. The molecule has 1 heterocycles. The molecule has 4 rings (SSSR count). The zero-order valence-electron chi connectivity index (χ0n) is 15.9. The van der Waals surface area contributed by atoms with Crippen molar-refractivity contribution in [1.82, 2.24) is 0 Å². The van der Waals surface area contributed by atoms with Crippen molar-refractivity contribution in [3.05, 3.63) is 59.6 Å². The normalized spacial score (nSPS) is 10.9. The first-order valence-electron chi connectivity index (χ1n) is 8.95. The minimum absolute atomic E-state index is 0.0256. The lowest BCUT2D eigenvalue weighted by atomic mass is 10.1. The van der Waals surface area contributed by atoms with Gasteiger partial charge < -0.3 is 24.5 Å². The number of carbonyl (C=O) groups excluding carboxylic acids is 1. The largest absolute Gasteiger partial charge is 0.495 e. The van der Waals surface area contributed by atoms with E-state index in [4.69, 9.17) is 25.5 Å². The fourth-order valence-electron chi connectivity index (χ4n) is 3.21. The second-order valence-electron chi connectivity index (χ2n) is 6.39. The van der Waals surface area contributed by atoms with Gasteiger partial charge in [-0.3, -0.25) is 4.79 Å².